The van der Waals surface area contributed by atoms with Gasteiger partial charge in [0.1, 0.15) is 17.8 Å². The molecule has 0 bridgehead atoms. The molecule has 0 spiro atoms. The first-order valence-corrected chi connectivity index (χ1v) is 9.49. The maximum absolute atomic E-state index is 12.4. The van der Waals surface area contributed by atoms with Gasteiger partial charge in [-0.3, -0.25) is 4.72 Å². The molecule has 8 heteroatoms. The number of aromatic nitrogens is 3. The van der Waals surface area contributed by atoms with Crippen LogP contribution in [0.5, 0.6) is 0 Å². The summed E-state index contributed by atoms with van der Waals surface area (Å²) >= 11 is 0. The van der Waals surface area contributed by atoms with E-state index in [0.717, 1.165) is 16.7 Å². The van der Waals surface area contributed by atoms with Crippen molar-refractivity contribution in [3.63, 3.8) is 0 Å². The van der Waals surface area contributed by atoms with Gasteiger partial charge >= 0.3 is 0 Å². The van der Waals surface area contributed by atoms with E-state index in [1.165, 1.54) is 24.6 Å². The lowest BCUT2D eigenvalue weighted by Gasteiger charge is -2.10. The van der Waals surface area contributed by atoms with Gasteiger partial charge in [-0.15, -0.1) is 6.42 Å². The highest BCUT2D eigenvalue weighted by Crippen LogP contribution is 2.24. The summed E-state index contributed by atoms with van der Waals surface area (Å²) in [7, 11) is -3.71. The molecule has 7 nitrogen and oxygen atoms in total. The zero-order valence-corrected chi connectivity index (χ0v) is 15.3. The summed E-state index contributed by atoms with van der Waals surface area (Å²) < 4.78 is 27.3. The fraction of sp³-hybridized carbons (Fsp3) is 0.0526. The van der Waals surface area contributed by atoms with E-state index in [2.05, 4.69) is 30.9 Å². The number of H-pyrrole nitrogens is 1. The van der Waals surface area contributed by atoms with Crippen LogP contribution in [-0.2, 0) is 10.0 Å². The monoisotopic (exact) mass is 379 g/mol. The smallest absolute Gasteiger partial charge is 0.261 e. The lowest BCUT2D eigenvalue weighted by molar-refractivity contribution is 0.607. The second-order valence-electron chi connectivity index (χ2n) is 5.46. The van der Waals surface area contributed by atoms with Crippen LogP contribution in [0.3, 0.4) is 0 Å². The van der Waals surface area contributed by atoms with Crippen molar-refractivity contribution < 1.29 is 8.42 Å². The third kappa shape index (κ3) is 4.16. The Morgan fingerprint density at radius 2 is 1.93 bits per heavy atom. The fourth-order valence-electron chi connectivity index (χ4n) is 2.42. The quantitative estimate of drug-likeness (QED) is 0.449. The number of hydrogen-bond donors (Lipinski definition) is 3. The van der Waals surface area contributed by atoms with Crippen molar-refractivity contribution in [2.45, 2.75) is 6.92 Å². The predicted molar refractivity (Wildman–Crippen MR) is 108 cm³/mol. The molecule has 0 aliphatic carbocycles. The standard InChI is InChI=1S/C19H17N5O2S/c1-3-5-6-16(4-2)27(25,26)24-15-9-7-14(8-10-15)23-19-17-11-12-20-18(17)21-13-22-19/h1,4-13,24H,2H3,(H2,20,21,22,23)/b6-5-,16-4+. The van der Waals surface area contributed by atoms with Crippen molar-refractivity contribution in [1.29, 1.82) is 0 Å². The van der Waals surface area contributed by atoms with Crippen LogP contribution < -0.4 is 10.0 Å². The number of rotatable bonds is 6. The number of aromatic amines is 1. The Kier molecular flexibility index (Phi) is 5.24. The van der Waals surface area contributed by atoms with E-state index in [1.54, 1.807) is 37.4 Å². The molecule has 0 radical (unpaired) electrons. The van der Waals surface area contributed by atoms with Crippen LogP contribution in [0.15, 0.2) is 66.0 Å². The molecule has 2 heterocycles. The average molecular weight is 379 g/mol. The van der Waals surface area contributed by atoms with Crippen molar-refractivity contribution in [3.8, 4) is 12.3 Å². The number of benzene rings is 1. The van der Waals surface area contributed by atoms with Gasteiger partial charge in [-0.25, -0.2) is 18.4 Å². The third-order valence-electron chi connectivity index (χ3n) is 3.69. The van der Waals surface area contributed by atoms with E-state index in [9.17, 15) is 8.42 Å². The zero-order chi connectivity index (χ0) is 19.3. The Morgan fingerprint density at radius 3 is 2.63 bits per heavy atom. The highest BCUT2D eigenvalue weighted by Gasteiger charge is 2.14. The number of fused-ring (bicyclic) bond motifs is 1. The Hall–Kier alpha value is -3.57. The molecule has 0 saturated heterocycles. The first-order chi connectivity index (χ1) is 13.0. The number of terminal acetylenes is 1. The molecule has 136 valence electrons. The lowest BCUT2D eigenvalue weighted by Crippen LogP contribution is -2.13. The molecule has 27 heavy (non-hydrogen) atoms. The minimum absolute atomic E-state index is 0.0958. The van der Waals surface area contributed by atoms with Gasteiger partial charge in [0.2, 0.25) is 0 Å². The predicted octanol–water partition coefficient (Wildman–Crippen LogP) is 3.54. The number of sulfonamides is 1. The maximum Gasteiger partial charge on any atom is 0.261 e. The molecular formula is C19H17N5O2S. The van der Waals surface area contributed by atoms with Crippen LogP contribution in [0.25, 0.3) is 11.0 Å². The summed E-state index contributed by atoms with van der Waals surface area (Å²) in [5.74, 6) is 2.93. The summed E-state index contributed by atoms with van der Waals surface area (Å²) in [5, 5.41) is 4.05. The molecule has 0 saturated carbocycles. The first-order valence-electron chi connectivity index (χ1n) is 8.00. The second-order valence-corrected chi connectivity index (χ2v) is 7.14. The minimum Gasteiger partial charge on any atom is -0.346 e. The Morgan fingerprint density at radius 1 is 1.19 bits per heavy atom. The highest BCUT2D eigenvalue weighted by molar-refractivity contribution is 7.96. The SMILES string of the molecule is C#C/C=C\C(=C/C)S(=O)(=O)Nc1ccc(Nc2ncnc3[nH]ccc23)cc1. The molecule has 3 N–H and O–H groups in total. The Bertz CT molecular complexity index is 1150. The molecule has 3 aromatic rings. The molecule has 0 aliphatic heterocycles. The molecule has 0 unspecified atom stereocenters. The molecule has 0 aliphatic rings. The van der Waals surface area contributed by atoms with Crippen molar-refractivity contribution in [2.75, 3.05) is 10.0 Å². The van der Waals surface area contributed by atoms with Gasteiger partial charge in [0.15, 0.2) is 0 Å². The fourth-order valence-corrected chi connectivity index (χ4v) is 3.54. The van der Waals surface area contributed by atoms with Gasteiger partial charge in [0.25, 0.3) is 10.0 Å². The molecule has 0 fully saturated rings. The van der Waals surface area contributed by atoms with Gasteiger partial charge in [0, 0.05) is 17.6 Å². The van der Waals surface area contributed by atoms with Crippen LogP contribution in [0.1, 0.15) is 6.92 Å². The van der Waals surface area contributed by atoms with Crippen LogP contribution in [0, 0.1) is 12.3 Å². The minimum atomic E-state index is -3.71. The van der Waals surface area contributed by atoms with Gasteiger partial charge < -0.3 is 10.3 Å². The van der Waals surface area contributed by atoms with Gasteiger partial charge in [-0.2, -0.15) is 0 Å². The summed E-state index contributed by atoms with van der Waals surface area (Å²) in [6.45, 7) is 1.63. The maximum atomic E-state index is 12.4. The zero-order valence-electron chi connectivity index (χ0n) is 14.5. The average Bonchev–Trinajstić information content (AvgIpc) is 3.13. The first kappa shape index (κ1) is 18.2. The molecular weight excluding hydrogens is 362 g/mol. The largest absolute Gasteiger partial charge is 0.346 e. The lowest BCUT2D eigenvalue weighted by atomic mass is 10.3. The van der Waals surface area contributed by atoms with Crippen LogP contribution in [0.4, 0.5) is 17.2 Å². The molecule has 1 aromatic carbocycles. The molecule has 0 atom stereocenters. The number of nitrogens with one attached hydrogen (secondary N) is 3. The van der Waals surface area contributed by atoms with E-state index < -0.39 is 10.0 Å². The molecule has 2 aromatic heterocycles. The summed E-state index contributed by atoms with van der Waals surface area (Å²) in [5.41, 5.74) is 1.93. The van der Waals surface area contributed by atoms with Crippen molar-refractivity contribution in [3.05, 3.63) is 66.0 Å². The Balaban J connectivity index is 1.77. The van der Waals surface area contributed by atoms with Crippen molar-refractivity contribution >= 4 is 38.2 Å². The van der Waals surface area contributed by atoms with Crippen LogP contribution >= 0.6 is 0 Å². The summed E-state index contributed by atoms with van der Waals surface area (Å²) in [6.07, 6.45) is 12.6. The number of hydrogen-bond acceptors (Lipinski definition) is 5. The van der Waals surface area contributed by atoms with Crippen LogP contribution in [0.2, 0.25) is 0 Å². The topological polar surface area (TPSA) is 99.8 Å². The van der Waals surface area contributed by atoms with E-state index in [4.69, 9.17) is 6.42 Å². The number of allylic oxidation sites excluding steroid dienone is 3. The normalized spacial score (nSPS) is 12.2. The summed E-state index contributed by atoms with van der Waals surface area (Å²) in [4.78, 5) is 11.5. The van der Waals surface area contributed by atoms with Crippen molar-refractivity contribution in [1.82, 2.24) is 15.0 Å². The van der Waals surface area contributed by atoms with Gasteiger partial charge in [-0.1, -0.05) is 12.0 Å². The van der Waals surface area contributed by atoms with E-state index in [-0.39, 0.29) is 4.91 Å². The van der Waals surface area contributed by atoms with E-state index in [0.29, 0.717) is 11.5 Å². The molecule has 0 amide bonds. The Labute approximate surface area is 157 Å². The number of nitrogens with zero attached hydrogens (tertiary/aromatic N) is 2. The molecule has 3 rings (SSSR count). The third-order valence-corrected chi connectivity index (χ3v) is 5.19. The van der Waals surface area contributed by atoms with E-state index in [1.807, 2.05) is 6.07 Å². The van der Waals surface area contributed by atoms with E-state index >= 15 is 0 Å². The van der Waals surface area contributed by atoms with Crippen LogP contribution in [-0.4, -0.2) is 23.4 Å². The second kappa shape index (κ2) is 7.76. The van der Waals surface area contributed by atoms with Gasteiger partial charge in [-0.05, 0) is 49.4 Å². The highest BCUT2D eigenvalue weighted by atomic mass is 32.2. The van der Waals surface area contributed by atoms with Crippen molar-refractivity contribution in [2.24, 2.45) is 0 Å². The van der Waals surface area contributed by atoms with Gasteiger partial charge in [0.05, 0.1) is 10.3 Å². The number of anilines is 3. The summed E-state index contributed by atoms with van der Waals surface area (Å²) in [6, 6.07) is 8.71.